The highest BCUT2D eigenvalue weighted by atomic mass is 32.2. The lowest BCUT2D eigenvalue weighted by Gasteiger charge is -2.34. The molecule has 0 atom stereocenters. The minimum Gasteiger partial charge on any atom is -0.367 e. The Bertz CT molecular complexity index is 1400. The first-order chi connectivity index (χ1) is 17.5. The number of pyridine rings is 1. The van der Waals surface area contributed by atoms with Gasteiger partial charge in [0.1, 0.15) is 11.5 Å². The van der Waals surface area contributed by atoms with Crippen LogP contribution in [0.4, 0.5) is 15.8 Å². The van der Waals surface area contributed by atoms with Crippen LogP contribution in [0.1, 0.15) is 16.7 Å². The Balaban J connectivity index is 1.52. The maximum Gasteiger partial charge on any atom is 0.213 e. The van der Waals surface area contributed by atoms with Gasteiger partial charge in [-0.15, -0.1) is 0 Å². The fourth-order valence-corrected chi connectivity index (χ4v) is 5.29. The lowest BCUT2D eigenvalue weighted by molar-refractivity contribution is 0.312. The summed E-state index contributed by atoms with van der Waals surface area (Å²) < 4.78 is 20.7. The van der Waals surface area contributed by atoms with E-state index in [1.807, 2.05) is 30.5 Å². The van der Waals surface area contributed by atoms with E-state index in [-0.39, 0.29) is 11.2 Å². The van der Waals surface area contributed by atoms with Gasteiger partial charge in [0.15, 0.2) is 0 Å². The fourth-order valence-electron chi connectivity index (χ4n) is 4.55. The van der Waals surface area contributed by atoms with Crippen LogP contribution >= 0.6 is 11.9 Å². The summed E-state index contributed by atoms with van der Waals surface area (Å²) in [6.07, 6.45) is 1.87. The van der Waals surface area contributed by atoms with Crippen molar-refractivity contribution in [1.82, 2.24) is 9.47 Å². The molecule has 7 heteroatoms. The zero-order chi connectivity index (χ0) is 25.1. The normalized spacial score (nSPS) is 14.4. The van der Waals surface area contributed by atoms with E-state index in [0.29, 0.717) is 29.1 Å². The number of piperazine rings is 1. The van der Waals surface area contributed by atoms with E-state index >= 15 is 4.39 Å². The molecule has 186 valence electrons. The molecule has 1 aliphatic rings. The van der Waals surface area contributed by atoms with Gasteiger partial charge in [-0.2, -0.15) is 0 Å². The van der Waals surface area contributed by atoms with E-state index in [4.69, 9.17) is 0 Å². The monoisotopic (exact) mass is 502 g/mol. The van der Waals surface area contributed by atoms with Crippen molar-refractivity contribution in [1.29, 1.82) is 0 Å². The zero-order valence-electron chi connectivity index (χ0n) is 20.7. The smallest absolute Gasteiger partial charge is 0.213 e. The Morgan fingerprint density at radius 3 is 2.39 bits per heavy atom. The molecule has 2 heterocycles. The number of benzene rings is 3. The van der Waals surface area contributed by atoms with Gasteiger partial charge < -0.3 is 19.1 Å². The summed E-state index contributed by atoms with van der Waals surface area (Å²) in [6.45, 7) is 5.94. The second kappa shape index (κ2) is 10.8. The van der Waals surface area contributed by atoms with E-state index in [9.17, 15) is 4.79 Å². The van der Waals surface area contributed by atoms with Crippen LogP contribution in [-0.4, -0.2) is 42.7 Å². The van der Waals surface area contributed by atoms with Crippen LogP contribution < -0.4 is 15.1 Å². The molecule has 1 saturated heterocycles. The van der Waals surface area contributed by atoms with Crippen molar-refractivity contribution in [3.05, 3.63) is 106 Å². The van der Waals surface area contributed by atoms with Gasteiger partial charge >= 0.3 is 0 Å². The fraction of sp³-hybridized carbons (Fsp3) is 0.276. The average Bonchev–Trinajstić information content (AvgIpc) is 2.89. The number of hydrogen-bond acceptors (Lipinski definition) is 5. The Morgan fingerprint density at radius 2 is 1.67 bits per heavy atom. The highest BCUT2D eigenvalue weighted by Gasteiger charge is 2.20. The molecule has 36 heavy (non-hydrogen) atoms. The maximum absolute atomic E-state index is 15.4. The number of likely N-dealkylation sites (N-methyl/N-ethyl adjacent to an activating group) is 1. The van der Waals surface area contributed by atoms with Crippen molar-refractivity contribution in [2.24, 2.45) is 0 Å². The number of fused-ring (bicyclic) bond motifs is 1. The second-order valence-electron chi connectivity index (χ2n) is 9.47. The first kappa shape index (κ1) is 24.4. The number of aromatic nitrogens is 1. The van der Waals surface area contributed by atoms with Crippen molar-refractivity contribution in [2.75, 3.05) is 42.8 Å². The van der Waals surface area contributed by atoms with Crippen molar-refractivity contribution in [3.63, 3.8) is 0 Å². The molecule has 0 bridgehead atoms. The van der Waals surface area contributed by atoms with Gasteiger partial charge in [-0.05, 0) is 49.2 Å². The lowest BCUT2D eigenvalue weighted by atomic mass is 10.1. The quantitative estimate of drug-likeness (QED) is 0.338. The number of halogens is 1. The topological polar surface area (TPSA) is 40.5 Å². The standard InChI is InChI=1S/C29H31FN4OS/c1-21-8-10-22(11-9-21)18-34-19-26(31-36-20-23-6-4-3-5-7-23)29(35)24-16-25(30)28(17-27(24)34)33-14-12-32(2)13-15-33/h3-11,16-17,19,31H,12-15,18,20H2,1-2H3. The van der Waals surface area contributed by atoms with Crippen molar-refractivity contribution >= 4 is 34.2 Å². The second-order valence-corrected chi connectivity index (χ2v) is 10.3. The molecule has 4 aromatic rings. The molecule has 0 unspecified atom stereocenters. The molecule has 1 aliphatic heterocycles. The minimum atomic E-state index is -0.347. The van der Waals surface area contributed by atoms with E-state index in [1.165, 1.54) is 29.1 Å². The summed E-state index contributed by atoms with van der Waals surface area (Å²) in [4.78, 5) is 17.8. The molecule has 1 aromatic heterocycles. The first-order valence-electron chi connectivity index (χ1n) is 12.3. The Labute approximate surface area is 215 Å². The molecule has 5 nitrogen and oxygen atoms in total. The largest absolute Gasteiger partial charge is 0.367 e. The molecule has 0 saturated carbocycles. The number of hydrogen-bond donors (Lipinski definition) is 1. The summed E-state index contributed by atoms with van der Waals surface area (Å²) >= 11 is 1.46. The van der Waals surface area contributed by atoms with Gasteiger partial charge in [-0.25, -0.2) is 4.39 Å². The predicted octanol–water partition coefficient (Wildman–Crippen LogP) is 5.51. The van der Waals surface area contributed by atoms with Crippen molar-refractivity contribution < 1.29 is 4.39 Å². The zero-order valence-corrected chi connectivity index (χ0v) is 21.5. The van der Waals surface area contributed by atoms with Crippen LogP contribution in [0.2, 0.25) is 0 Å². The Hall–Kier alpha value is -3.29. The minimum absolute atomic E-state index is 0.186. The molecular weight excluding hydrogens is 471 g/mol. The lowest BCUT2D eigenvalue weighted by Crippen LogP contribution is -2.44. The van der Waals surface area contributed by atoms with Crippen LogP contribution in [0.3, 0.4) is 0 Å². The number of anilines is 2. The maximum atomic E-state index is 15.4. The third-order valence-electron chi connectivity index (χ3n) is 6.73. The van der Waals surface area contributed by atoms with Crippen LogP contribution in [-0.2, 0) is 12.3 Å². The number of nitrogens with zero attached hydrogens (tertiary/aromatic N) is 3. The SMILES string of the molecule is Cc1ccc(Cn2cc(NSCc3ccccc3)c(=O)c3cc(F)c(N4CCN(C)CC4)cc32)cc1. The average molecular weight is 503 g/mol. The summed E-state index contributed by atoms with van der Waals surface area (Å²) in [5.41, 5.74) is 5.07. The highest BCUT2D eigenvalue weighted by molar-refractivity contribution is 7.99. The first-order valence-corrected chi connectivity index (χ1v) is 13.2. The summed E-state index contributed by atoms with van der Waals surface area (Å²) in [5.74, 6) is 0.368. The molecule has 1 fully saturated rings. The number of nitrogens with one attached hydrogen (secondary N) is 1. The van der Waals surface area contributed by atoms with Gasteiger partial charge in [0.2, 0.25) is 5.43 Å². The van der Waals surface area contributed by atoms with Crippen LogP contribution in [0.15, 0.2) is 77.7 Å². The third-order valence-corrected chi connectivity index (χ3v) is 7.57. The van der Waals surface area contributed by atoms with Gasteiger partial charge in [0.05, 0.1) is 16.6 Å². The number of rotatable bonds is 7. The van der Waals surface area contributed by atoms with E-state index in [1.54, 1.807) is 0 Å². The molecule has 0 aliphatic carbocycles. The van der Waals surface area contributed by atoms with Crippen LogP contribution in [0.25, 0.3) is 10.9 Å². The van der Waals surface area contributed by atoms with Crippen molar-refractivity contribution in [3.8, 4) is 0 Å². The molecule has 5 rings (SSSR count). The van der Waals surface area contributed by atoms with Gasteiger partial charge in [0.25, 0.3) is 0 Å². The molecule has 1 N–H and O–H groups in total. The van der Waals surface area contributed by atoms with Crippen LogP contribution in [0.5, 0.6) is 0 Å². The van der Waals surface area contributed by atoms with Gasteiger partial charge in [-0.1, -0.05) is 60.2 Å². The molecule has 0 amide bonds. The van der Waals surface area contributed by atoms with Gasteiger partial charge in [0, 0.05) is 44.7 Å². The Kier molecular flexibility index (Phi) is 7.30. The number of aryl methyl sites for hydroxylation is 1. The molecule has 0 spiro atoms. The highest BCUT2D eigenvalue weighted by Crippen LogP contribution is 2.28. The predicted molar refractivity (Wildman–Crippen MR) is 150 cm³/mol. The summed E-state index contributed by atoms with van der Waals surface area (Å²) in [5, 5.41) is 0.391. The van der Waals surface area contributed by atoms with E-state index in [2.05, 4.69) is 69.5 Å². The summed E-state index contributed by atoms with van der Waals surface area (Å²) in [6, 6.07) is 21.7. The molecule has 3 aromatic carbocycles. The third kappa shape index (κ3) is 5.42. The van der Waals surface area contributed by atoms with Gasteiger partial charge in [-0.3, -0.25) is 4.79 Å². The van der Waals surface area contributed by atoms with Crippen molar-refractivity contribution in [2.45, 2.75) is 19.2 Å². The van der Waals surface area contributed by atoms with E-state index < -0.39 is 0 Å². The van der Waals surface area contributed by atoms with Crippen LogP contribution in [0, 0.1) is 12.7 Å². The van der Waals surface area contributed by atoms with E-state index in [0.717, 1.165) is 37.3 Å². The molecular formula is C29H31FN4OS. The molecule has 0 radical (unpaired) electrons. The summed E-state index contributed by atoms with van der Waals surface area (Å²) in [7, 11) is 2.08. The Morgan fingerprint density at radius 1 is 0.944 bits per heavy atom.